The maximum Gasteiger partial charge on any atom is 0.242 e. The Morgan fingerprint density at radius 2 is 1.54 bits per heavy atom. The van der Waals surface area contributed by atoms with E-state index in [2.05, 4.69) is 5.32 Å². The van der Waals surface area contributed by atoms with Crippen LogP contribution in [0.4, 0.5) is 5.69 Å². The highest BCUT2D eigenvalue weighted by molar-refractivity contribution is 8.00. The van der Waals surface area contributed by atoms with E-state index in [1.165, 1.54) is 11.8 Å². The van der Waals surface area contributed by atoms with Crippen LogP contribution in [0.3, 0.4) is 0 Å². The largest absolute Gasteiger partial charge is 0.490 e. The second-order valence-corrected chi connectivity index (χ2v) is 7.60. The highest BCUT2D eigenvalue weighted by Gasteiger charge is 2.22. The average Bonchev–Trinajstić information content (AvgIpc) is 2.98. The van der Waals surface area contributed by atoms with Gasteiger partial charge in [-0.2, -0.15) is 0 Å². The average molecular weight is 391 g/mol. The van der Waals surface area contributed by atoms with Gasteiger partial charge in [0.1, 0.15) is 5.25 Å². The van der Waals surface area contributed by atoms with Crippen LogP contribution in [0.25, 0.3) is 0 Å². The summed E-state index contributed by atoms with van der Waals surface area (Å²) < 4.78 is 11.4. The Morgan fingerprint density at radius 3 is 2.29 bits per heavy atom. The third-order valence-electron chi connectivity index (χ3n) is 4.35. The number of carbonyl (C=O) groups is 1. The molecule has 1 aliphatic heterocycles. The second-order valence-electron chi connectivity index (χ2n) is 6.42. The number of rotatable bonds is 5. The Labute approximate surface area is 168 Å². The van der Waals surface area contributed by atoms with Gasteiger partial charge in [0.15, 0.2) is 11.5 Å². The van der Waals surface area contributed by atoms with Gasteiger partial charge in [-0.05, 0) is 29.8 Å². The molecule has 0 bridgehead atoms. The zero-order valence-corrected chi connectivity index (χ0v) is 16.2. The van der Waals surface area contributed by atoms with Crippen molar-refractivity contribution in [2.24, 2.45) is 0 Å². The van der Waals surface area contributed by atoms with Crippen molar-refractivity contribution in [3.05, 3.63) is 84.4 Å². The minimum Gasteiger partial charge on any atom is -0.490 e. The number of nitrogens with one attached hydrogen (secondary N) is 1. The molecule has 3 aromatic rings. The Morgan fingerprint density at radius 1 is 0.857 bits per heavy atom. The highest BCUT2D eigenvalue weighted by Crippen LogP contribution is 2.37. The topological polar surface area (TPSA) is 47.6 Å². The first kappa shape index (κ1) is 18.4. The van der Waals surface area contributed by atoms with Gasteiger partial charge in [-0.1, -0.05) is 48.5 Å². The lowest BCUT2D eigenvalue weighted by Crippen LogP contribution is -2.19. The Hall–Kier alpha value is -2.92. The predicted molar refractivity (Wildman–Crippen MR) is 112 cm³/mol. The summed E-state index contributed by atoms with van der Waals surface area (Å²) in [6.07, 6.45) is 0.847. The molecule has 0 aromatic heterocycles. The van der Waals surface area contributed by atoms with Crippen LogP contribution in [-0.2, 0) is 4.79 Å². The van der Waals surface area contributed by atoms with Gasteiger partial charge < -0.3 is 14.8 Å². The van der Waals surface area contributed by atoms with Crippen molar-refractivity contribution in [2.45, 2.75) is 16.6 Å². The van der Waals surface area contributed by atoms with Gasteiger partial charge >= 0.3 is 0 Å². The van der Waals surface area contributed by atoms with E-state index in [1.807, 2.05) is 78.9 Å². The SMILES string of the molecule is O=C(Nc1ccc2c(c1)OCCCO2)[C@@H](Sc1ccccc1)c1ccccc1. The van der Waals surface area contributed by atoms with E-state index in [-0.39, 0.29) is 11.2 Å². The molecule has 0 saturated carbocycles. The fraction of sp³-hybridized carbons (Fsp3) is 0.174. The molecule has 4 rings (SSSR count). The lowest BCUT2D eigenvalue weighted by atomic mass is 10.1. The van der Waals surface area contributed by atoms with Crippen LogP contribution in [0.15, 0.2) is 83.8 Å². The number of fused-ring (bicyclic) bond motifs is 1. The number of thioether (sulfide) groups is 1. The summed E-state index contributed by atoms with van der Waals surface area (Å²) in [6, 6.07) is 25.3. The molecule has 0 spiro atoms. The number of carbonyl (C=O) groups excluding carboxylic acids is 1. The molecule has 0 fully saturated rings. The van der Waals surface area contributed by atoms with Gasteiger partial charge in [-0.25, -0.2) is 0 Å². The van der Waals surface area contributed by atoms with Crippen molar-refractivity contribution in [1.82, 2.24) is 0 Å². The normalized spacial score (nSPS) is 14.0. The first-order valence-corrected chi connectivity index (χ1v) is 10.1. The number of benzene rings is 3. The number of hydrogen-bond acceptors (Lipinski definition) is 4. The fourth-order valence-corrected chi connectivity index (χ4v) is 4.03. The lowest BCUT2D eigenvalue weighted by molar-refractivity contribution is -0.115. The molecule has 0 aliphatic carbocycles. The van der Waals surface area contributed by atoms with E-state index < -0.39 is 0 Å². The van der Waals surface area contributed by atoms with E-state index in [0.717, 1.165) is 16.9 Å². The van der Waals surface area contributed by atoms with E-state index in [1.54, 1.807) is 0 Å². The van der Waals surface area contributed by atoms with Crippen molar-refractivity contribution in [3.63, 3.8) is 0 Å². The quantitative estimate of drug-likeness (QED) is 0.598. The number of hydrogen-bond donors (Lipinski definition) is 1. The van der Waals surface area contributed by atoms with Crippen LogP contribution in [0.5, 0.6) is 11.5 Å². The maximum absolute atomic E-state index is 13.1. The monoisotopic (exact) mass is 391 g/mol. The molecule has 1 amide bonds. The summed E-state index contributed by atoms with van der Waals surface area (Å²) in [5, 5.41) is 2.67. The van der Waals surface area contributed by atoms with Crippen molar-refractivity contribution < 1.29 is 14.3 Å². The molecular weight excluding hydrogens is 370 g/mol. The van der Waals surface area contributed by atoms with Gasteiger partial charge in [-0.3, -0.25) is 4.79 Å². The van der Waals surface area contributed by atoms with E-state index in [0.29, 0.717) is 30.4 Å². The maximum atomic E-state index is 13.1. The highest BCUT2D eigenvalue weighted by atomic mass is 32.2. The van der Waals surface area contributed by atoms with Crippen LogP contribution in [0.2, 0.25) is 0 Å². The molecule has 1 atom stereocenters. The number of anilines is 1. The molecule has 0 radical (unpaired) electrons. The predicted octanol–water partition coefficient (Wildman–Crippen LogP) is 5.32. The number of ether oxygens (including phenoxy) is 2. The van der Waals surface area contributed by atoms with E-state index in [9.17, 15) is 4.79 Å². The molecule has 1 N–H and O–H groups in total. The summed E-state index contributed by atoms with van der Waals surface area (Å²) in [7, 11) is 0. The van der Waals surface area contributed by atoms with Gasteiger partial charge in [0, 0.05) is 23.1 Å². The van der Waals surface area contributed by atoms with Gasteiger partial charge in [0.05, 0.1) is 13.2 Å². The molecule has 28 heavy (non-hydrogen) atoms. The smallest absolute Gasteiger partial charge is 0.242 e. The van der Waals surface area contributed by atoms with Gasteiger partial charge in [0.2, 0.25) is 5.91 Å². The molecule has 142 valence electrons. The van der Waals surface area contributed by atoms with Crippen LogP contribution in [0.1, 0.15) is 17.2 Å². The Bertz CT molecular complexity index is 931. The fourth-order valence-electron chi connectivity index (χ4n) is 2.98. The van der Waals surface area contributed by atoms with Crippen molar-refractivity contribution in [1.29, 1.82) is 0 Å². The van der Waals surface area contributed by atoms with Crippen molar-refractivity contribution >= 4 is 23.4 Å². The molecule has 5 heteroatoms. The van der Waals surface area contributed by atoms with Crippen LogP contribution < -0.4 is 14.8 Å². The van der Waals surface area contributed by atoms with E-state index >= 15 is 0 Å². The molecular formula is C23H21NO3S. The third kappa shape index (κ3) is 4.49. The molecule has 0 unspecified atom stereocenters. The van der Waals surface area contributed by atoms with Gasteiger partial charge in [-0.15, -0.1) is 11.8 Å². The minimum atomic E-state index is -0.362. The molecule has 1 aliphatic rings. The van der Waals surface area contributed by atoms with Crippen LogP contribution >= 0.6 is 11.8 Å². The molecule has 3 aromatic carbocycles. The zero-order valence-electron chi connectivity index (χ0n) is 15.3. The number of amides is 1. The van der Waals surface area contributed by atoms with Crippen LogP contribution in [-0.4, -0.2) is 19.1 Å². The van der Waals surface area contributed by atoms with Crippen molar-refractivity contribution in [3.8, 4) is 11.5 Å². The molecule has 0 saturated heterocycles. The summed E-state index contributed by atoms with van der Waals surface area (Å²) in [6.45, 7) is 1.25. The summed E-state index contributed by atoms with van der Waals surface area (Å²) in [5.74, 6) is 1.31. The van der Waals surface area contributed by atoms with Crippen molar-refractivity contribution in [2.75, 3.05) is 18.5 Å². The summed E-state index contributed by atoms with van der Waals surface area (Å²) in [4.78, 5) is 14.2. The standard InChI is InChI=1S/C23H21NO3S/c25-23(24-18-12-13-20-21(16-18)27-15-7-14-26-20)22(17-8-3-1-4-9-17)28-19-10-5-2-6-11-19/h1-6,8-13,16,22H,7,14-15H2,(H,24,25)/t22-/m0/s1. The Balaban J connectivity index is 1.56. The zero-order chi connectivity index (χ0) is 19.2. The molecule has 4 nitrogen and oxygen atoms in total. The van der Waals surface area contributed by atoms with Gasteiger partial charge in [0.25, 0.3) is 0 Å². The summed E-state index contributed by atoms with van der Waals surface area (Å²) >= 11 is 1.53. The first-order chi connectivity index (χ1) is 13.8. The van der Waals surface area contributed by atoms with Crippen LogP contribution in [0, 0.1) is 0 Å². The Kier molecular flexibility index (Phi) is 5.83. The van der Waals surface area contributed by atoms with E-state index in [4.69, 9.17) is 9.47 Å². The summed E-state index contributed by atoms with van der Waals surface area (Å²) in [5.41, 5.74) is 1.66. The lowest BCUT2D eigenvalue weighted by Gasteiger charge is -2.18. The minimum absolute atomic E-state index is 0.0745. The first-order valence-electron chi connectivity index (χ1n) is 9.27. The third-order valence-corrected chi connectivity index (χ3v) is 5.62. The molecule has 1 heterocycles. The second kappa shape index (κ2) is 8.85.